The number of aryl methyl sites for hydroxylation is 1. The number of halogens is 1. The molecule has 1 N–H and O–H groups in total. The lowest BCUT2D eigenvalue weighted by molar-refractivity contribution is 0.414. The molecule has 2 aromatic carbocycles. The van der Waals surface area contributed by atoms with Gasteiger partial charge in [-0.2, -0.15) is 0 Å². The Hall–Kier alpha value is -1.32. The third kappa shape index (κ3) is 3.22. The van der Waals surface area contributed by atoms with Crippen LogP contribution in [0.3, 0.4) is 0 Å². The van der Waals surface area contributed by atoms with Gasteiger partial charge in [0.2, 0.25) is 0 Å². The first-order valence-corrected chi connectivity index (χ1v) is 7.59. The minimum Gasteiger partial charge on any atom is -0.497 e. The molecule has 0 fully saturated rings. The summed E-state index contributed by atoms with van der Waals surface area (Å²) < 4.78 is 6.33. The minimum absolute atomic E-state index is 0.182. The van der Waals surface area contributed by atoms with Crippen molar-refractivity contribution >= 4 is 15.9 Å². The zero-order valence-electron chi connectivity index (χ0n) is 12.1. The van der Waals surface area contributed by atoms with Gasteiger partial charge in [0.1, 0.15) is 5.75 Å². The molecule has 1 unspecified atom stereocenters. The van der Waals surface area contributed by atoms with Crippen LogP contribution in [0.4, 0.5) is 0 Å². The summed E-state index contributed by atoms with van der Waals surface area (Å²) in [5.41, 5.74) is 3.82. The monoisotopic (exact) mass is 333 g/mol. The molecule has 0 bridgehead atoms. The molecule has 0 aromatic heterocycles. The SMILES string of the molecule is CCNC(c1ccccc1C)c1ccc(OC)cc1Br. The average molecular weight is 334 g/mol. The highest BCUT2D eigenvalue weighted by Crippen LogP contribution is 2.32. The highest BCUT2D eigenvalue weighted by molar-refractivity contribution is 9.10. The maximum Gasteiger partial charge on any atom is 0.120 e. The molecule has 2 nitrogen and oxygen atoms in total. The molecule has 0 aliphatic rings. The van der Waals surface area contributed by atoms with E-state index >= 15 is 0 Å². The molecule has 2 aromatic rings. The quantitative estimate of drug-likeness (QED) is 0.871. The van der Waals surface area contributed by atoms with Crippen LogP contribution in [0.1, 0.15) is 29.7 Å². The summed E-state index contributed by atoms with van der Waals surface area (Å²) in [6.45, 7) is 5.19. The molecular weight excluding hydrogens is 314 g/mol. The number of ether oxygens (including phenoxy) is 1. The molecule has 1 atom stereocenters. The maximum atomic E-state index is 5.27. The number of methoxy groups -OCH3 is 1. The maximum absolute atomic E-state index is 5.27. The summed E-state index contributed by atoms with van der Waals surface area (Å²) in [5, 5.41) is 3.56. The van der Waals surface area contributed by atoms with Crippen LogP contribution in [0, 0.1) is 6.92 Å². The van der Waals surface area contributed by atoms with E-state index in [4.69, 9.17) is 4.74 Å². The van der Waals surface area contributed by atoms with E-state index in [0.29, 0.717) is 0 Å². The van der Waals surface area contributed by atoms with E-state index in [-0.39, 0.29) is 6.04 Å². The number of rotatable bonds is 5. The van der Waals surface area contributed by atoms with Crippen LogP contribution >= 0.6 is 15.9 Å². The molecule has 0 saturated carbocycles. The van der Waals surface area contributed by atoms with Crippen molar-refractivity contribution in [2.24, 2.45) is 0 Å². The van der Waals surface area contributed by atoms with Crippen molar-refractivity contribution in [3.63, 3.8) is 0 Å². The Morgan fingerprint density at radius 1 is 1.15 bits per heavy atom. The van der Waals surface area contributed by atoms with Gasteiger partial charge in [0.05, 0.1) is 13.2 Å². The van der Waals surface area contributed by atoms with Gasteiger partial charge in [-0.1, -0.05) is 53.2 Å². The molecule has 106 valence electrons. The lowest BCUT2D eigenvalue weighted by atomic mass is 9.95. The van der Waals surface area contributed by atoms with Crippen LogP contribution in [0.2, 0.25) is 0 Å². The molecule has 0 aliphatic carbocycles. The van der Waals surface area contributed by atoms with Crippen molar-refractivity contribution in [2.75, 3.05) is 13.7 Å². The fourth-order valence-corrected chi connectivity index (χ4v) is 2.96. The normalized spacial score (nSPS) is 12.2. The first-order chi connectivity index (χ1) is 9.67. The van der Waals surface area contributed by atoms with E-state index in [9.17, 15) is 0 Å². The average Bonchev–Trinajstić information content (AvgIpc) is 2.46. The molecule has 0 aliphatic heterocycles. The highest BCUT2D eigenvalue weighted by Gasteiger charge is 2.17. The zero-order valence-corrected chi connectivity index (χ0v) is 13.7. The lowest BCUT2D eigenvalue weighted by Crippen LogP contribution is -2.23. The van der Waals surface area contributed by atoms with E-state index in [0.717, 1.165) is 16.8 Å². The predicted octanol–water partition coefficient (Wildman–Crippen LogP) is 4.47. The van der Waals surface area contributed by atoms with Crippen molar-refractivity contribution in [3.8, 4) is 5.75 Å². The van der Waals surface area contributed by atoms with Gasteiger partial charge in [0, 0.05) is 4.47 Å². The van der Waals surface area contributed by atoms with Gasteiger partial charge in [0.15, 0.2) is 0 Å². The van der Waals surface area contributed by atoms with Crippen molar-refractivity contribution in [3.05, 3.63) is 63.6 Å². The summed E-state index contributed by atoms with van der Waals surface area (Å²) in [6, 6.07) is 14.8. The lowest BCUT2D eigenvalue weighted by Gasteiger charge is -2.22. The second kappa shape index (κ2) is 6.91. The Morgan fingerprint density at radius 2 is 1.90 bits per heavy atom. The molecule has 3 heteroatoms. The summed E-state index contributed by atoms with van der Waals surface area (Å²) in [5.74, 6) is 0.862. The molecule has 0 spiro atoms. The van der Waals surface area contributed by atoms with Gasteiger partial charge in [-0.3, -0.25) is 0 Å². The van der Waals surface area contributed by atoms with E-state index in [1.54, 1.807) is 7.11 Å². The van der Waals surface area contributed by atoms with Crippen LogP contribution in [0.15, 0.2) is 46.9 Å². The molecule has 0 radical (unpaired) electrons. The van der Waals surface area contributed by atoms with Crippen molar-refractivity contribution in [1.29, 1.82) is 0 Å². The molecule has 0 amide bonds. The molecule has 0 saturated heterocycles. The molecule has 2 rings (SSSR count). The van der Waals surface area contributed by atoms with Gasteiger partial charge in [-0.25, -0.2) is 0 Å². The Balaban J connectivity index is 2.46. The number of benzene rings is 2. The Morgan fingerprint density at radius 3 is 2.50 bits per heavy atom. The van der Waals surface area contributed by atoms with Crippen LogP contribution in [0.25, 0.3) is 0 Å². The minimum atomic E-state index is 0.182. The molecular formula is C17H20BrNO. The van der Waals surface area contributed by atoms with Crippen molar-refractivity contribution in [1.82, 2.24) is 5.32 Å². The zero-order chi connectivity index (χ0) is 14.5. The number of nitrogens with one attached hydrogen (secondary N) is 1. The van der Waals surface area contributed by atoms with Gasteiger partial charge in [-0.05, 0) is 42.3 Å². The van der Waals surface area contributed by atoms with Crippen LogP contribution in [-0.2, 0) is 0 Å². The second-order valence-electron chi connectivity index (χ2n) is 4.73. The van der Waals surface area contributed by atoms with E-state index < -0.39 is 0 Å². The van der Waals surface area contributed by atoms with Gasteiger partial charge < -0.3 is 10.1 Å². The third-order valence-corrected chi connectivity index (χ3v) is 4.11. The first-order valence-electron chi connectivity index (χ1n) is 6.79. The largest absolute Gasteiger partial charge is 0.497 e. The summed E-state index contributed by atoms with van der Waals surface area (Å²) >= 11 is 3.66. The van der Waals surface area contributed by atoms with Crippen LogP contribution < -0.4 is 10.1 Å². The second-order valence-corrected chi connectivity index (χ2v) is 5.59. The summed E-state index contributed by atoms with van der Waals surface area (Å²) in [7, 11) is 1.69. The predicted molar refractivity (Wildman–Crippen MR) is 87.4 cm³/mol. The topological polar surface area (TPSA) is 21.3 Å². The highest BCUT2D eigenvalue weighted by atomic mass is 79.9. The van der Waals surface area contributed by atoms with Crippen molar-refractivity contribution < 1.29 is 4.74 Å². The van der Waals surface area contributed by atoms with E-state index in [1.165, 1.54) is 16.7 Å². The van der Waals surface area contributed by atoms with Gasteiger partial charge >= 0.3 is 0 Å². The summed E-state index contributed by atoms with van der Waals surface area (Å²) in [6.07, 6.45) is 0. The number of hydrogen-bond acceptors (Lipinski definition) is 2. The Labute approximate surface area is 129 Å². The smallest absolute Gasteiger partial charge is 0.120 e. The van der Waals surface area contributed by atoms with Crippen LogP contribution in [0.5, 0.6) is 5.75 Å². The van der Waals surface area contributed by atoms with Gasteiger partial charge in [-0.15, -0.1) is 0 Å². The van der Waals surface area contributed by atoms with E-state index in [1.807, 2.05) is 12.1 Å². The Kier molecular flexibility index (Phi) is 5.21. The van der Waals surface area contributed by atoms with E-state index in [2.05, 4.69) is 65.4 Å². The van der Waals surface area contributed by atoms with Crippen molar-refractivity contribution in [2.45, 2.75) is 19.9 Å². The summed E-state index contributed by atoms with van der Waals surface area (Å²) in [4.78, 5) is 0. The standard InChI is InChI=1S/C17H20BrNO/c1-4-19-17(14-8-6-5-7-12(14)2)15-10-9-13(20-3)11-16(15)18/h5-11,17,19H,4H2,1-3H3. The van der Waals surface area contributed by atoms with Gasteiger partial charge in [0.25, 0.3) is 0 Å². The third-order valence-electron chi connectivity index (χ3n) is 3.43. The first kappa shape index (κ1) is 15.1. The fourth-order valence-electron chi connectivity index (χ4n) is 2.37. The molecule has 0 heterocycles. The van der Waals surface area contributed by atoms with Crippen LogP contribution in [-0.4, -0.2) is 13.7 Å². The Bertz CT molecular complexity index is 583. The fraction of sp³-hybridized carbons (Fsp3) is 0.294. The molecule has 20 heavy (non-hydrogen) atoms. The number of hydrogen-bond donors (Lipinski definition) is 1.